The number of nitriles is 1. The van der Waals surface area contributed by atoms with Crippen LogP contribution in [0.3, 0.4) is 0 Å². The molecule has 10 nitrogen and oxygen atoms in total. The predicted molar refractivity (Wildman–Crippen MR) is 112 cm³/mol. The van der Waals surface area contributed by atoms with E-state index in [4.69, 9.17) is 0 Å². The van der Waals surface area contributed by atoms with E-state index in [9.17, 15) is 14.9 Å². The molecule has 2 fully saturated rings. The van der Waals surface area contributed by atoms with E-state index in [1.807, 2.05) is 30.3 Å². The van der Waals surface area contributed by atoms with Crippen molar-refractivity contribution in [1.82, 2.24) is 24.9 Å². The first kappa shape index (κ1) is 18.7. The lowest BCUT2D eigenvalue weighted by atomic mass is 10.1. The van der Waals surface area contributed by atoms with Crippen LogP contribution in [-0.2, 0) is 9.59 Å². The van der Waals surface area contributed by atoms with Gasteiger partial charge in [0.05, 0.1) is 18.7 Å². The van der Waals surface area contributed by atoms with Gasteiger partial charge in [0.1, 0.15) is 6.04 Å². The van der Waals surface area contributed by atoms with Gasteiger partial charge in [0, 0.05) is 17.2 Å². The topological polar surface area (TPSA) is 137 Å². The van der Waals surface area contributed by atoms with Crippen LogP contribution in [0.15, 0.2) is 42.1 Å². The minimum absolute atomic E-state index is 0.0179. The van der Waals surface area contributed by atoms with Gasteiger partial charge in [-0.2, -0.15) is 24.8 Å². The Bertz CT molecular complexity index is 1250. The van der Waals surface area contributed by atoms with E-state index in [-0.39, 0.29) is 18.3 Å². The molecule has 1 saturated heterocycles. The molecule has 1 aliphatic carbocycles. The minimum Gasteiger partial charge on any atom is -0.351 e. The van der Waals surface area contributed by atoms with Crippen molar-refractivity contribution in [1.29, 1.82) is 5.26 Å². The van der Waals surface area contributed by atoms with Crippen molar-refractivity contribution in [3.63, 3.8) is 0 Å². The maximum atomic E-state index is 12.0. The average molecular weight is 414 g/mol. The highest BCUT2D eigenvalue weighted by atomic mass is 16.2. The Morgan fingerprint density at radius 2 is 2.03 bits per heavy atom. The average Bonchev–Trinajstić information content (AvgIpc) is 3.41. The minimum atomic E-state index is -0.639. The molecule has 1 unspecified atom stereocenters. The molecule has 31 heavy (non-hydrogen) atoms. The summed E-state index contributed by atoms with van der Waals surface area (Å²) in [5.41, 5.74) is 2.19. The van der Waals surface area contributed by atoms with Crippen LogP contribution >= 0.6 is 0 Å². The molecule has 2 aliphatic rings. The van der Waals surface area contributed by atoms with E-state index < -0.39 is 11.9 Å². The number of carbonyl (C=O) groups excluding carboxylic acids is 2. The molecular formula is C21H18N8O2. The van der Waals surface area contributed by atoms with Gasteiger partial charge in [-0.05, 0) is 24.5 Å². The number of anilines is 2. The van der Waals surface area contributed by atoms with E-state index in [2.05, 4.69) is 37.1 Å². The number of hydrogen-bond acceptors (Lipinski definition) is 8. The van der Waals surface area contributed by atoms with Crippen molar-refractivity contribution < 1.29 is 9.59 Å². The van der Waals surface area contributed by atoms with Crippen LogP contribution in [-0.4, -0.2) is 37.4 Å². The van der Waals surface area contributed by atoms with Crippen LogP contribution in [0.4, 0.5) is 11.9 Å². The van der Waals surface area contributed by atoms with Crippen LogP contribution in [0.25, 0.3) is 11.7 Å². The van der Waals surface area contributed by atoms with Crippen molar-refractivity contribution in [2.75, 3.05) is 10.6 Å². The summed E-state index contributed by atoms with van der Waals surface area (Å²) in [5.74, 6) is 0.0109. The molecule has 1 aliphatic heterocycles. The van der Waals surface area contributed by atoms with E-state index in [1.54, 1.807) is 16.8 Å². The highest BCUT2D eigenvalue weighted by Crippen LogP contribution is 2.27. The van der Waals surface area contributed by atoms with Crippen molar-refractivity contribution in [2.24, 2.45) is 0 Å². The Hall–Kier alpha value is -4.26. The van der Waals surface area contributed by atoms with Crippen molar-refractivity contribution >= 4 is 35.4 Å². The van der Waals surface area contributed by atoms with Crippen LogP contribution < -0.4 is 16.0 Å². The Morgan fingerprint density at radius 3 is 2.71 bits per heavy atom. The molecule has 154 valence electrons. The summed E-state index contributed by atoms with van der Waals surface area (Å²) in [7, 11) is 0. The van der Waals surface area contributed by atoms with E-state index in [1.165, 1.54) is 0 Å². The first-order chi connectivity index (χ1) is 15.1. The molecule has 1 saturated carbocycles. The zero-order valence-corrected chi connectivity index (χ0v) is 16.4. The molecule has 1 aromatic carbocycles. The largest absolute Gasteiger partial charge is 0.351 e. The summed E-state index contributed by atoms with van der Waals surface area (Å²) in [6.45, 7) is 0. The highest BCUT2D eigenvalue weighted by Gasteiger charge is 2.26. The molecule has 1 atom stereocenters. The van der Waals surface area contributed by atoms with Crippen LogP contribution in [0, 0.1) is 11.3 Å². The zero-order chi connectivity index (χ0) is 21.4. The first-order valence-electron chi connectivity index (χ1n) is 9.89. The van der Waals surface area contributed by atoms with Gasteiger partial charge in [-0.15, -0.1) is 0 Å². The van der Waals surface area contributed by atoms with Crippen molar-refractivity contribution in [3.05, 3.63) is 53.2 Å². The second-order valence-electron chi connectivity index (χ2n) is 7.47. The number of hydrogen-bond donors (Lipinski definition) is 3. The van der Waals surface area contributed by atoms with Gasteiger partial charge in [0.15, 0.2) is 5.65 Å². The molecule has 5 rings (SSSR count). The summed E-state index contributed by atoms with van der Waals surface area (Å²) in [6, 6.07) is 11.2. The third-order valence-electron chi connectivity index (χ3n) is 5.07. The molecule has 0 radical (unpaired) electrons. The zero-order valence-electron chi connectivity index (χ0n) is 16.4. The van der Waals surface area contributed by atoms with Crippen LogP contribution in [0.5, 0.6) is 0 Å². The number of imide groups is 1. The Kier molecular flexibility index (Phi) is 4.55. The maximum Gasteiger partial charge on any atom is 0.254 e. The molecule has 0 bridgehead atoms. The highest BCUT2D eigenvalue weighted by molar-refractivity contribution is 6.15. The van der Waals surface area contributed by atoms with Gasteiger partial charge in [-0.1, -0.05) is 30.3 Å². The summed E-state index contributed by atoms with van der Waals surface area (Å²) in [5, 5.41) is 22.7. The predicted octanol–water partition coefficient (Wildman–Crippen LogP) is 1.81. The number of benzene rings is 1. The SMILES string of the molecule is N#CC(Nc1nc(NC2CC2)n2ncc(C=C3CC(=O)NC3=O)c2n1)c1ccccc1. The summed E-state index contributed by atoms with van der Waals surface area (Å²) in [6.07, 6.45) is 5.29. The Morgan fingerprint density at radius 1 is 1.23 bits per heavy atom. The van der Waals surface area contributed by atoms with E-state index in [0.29, 0.717) is 28.8 Å². The van der Waals surface area contributed by atoms with Gasteiger partial charge in [-0.25, -0.2) is 0 Å². The Labute approximate surface area is 177 Å². The molecule has 10 heteroatoms. The molecule has 2 amide bonds. The molecule has 3 heterocycles. The van der Waals surface area contributed by atoms with Gasteiger partial charge < -0.3 is 10.6 Å². The normalized spacial score (nSPS) is 18.1. The second kappa shape index (κ2) is 7.53. The fourth-order valence-corrected chi connectivity index (χ4v) is 3.34. The van der Waals surface area contributed by atoms with Gasteiger partial charge in [0.2, 0.25) is 17.8 Å². The number of nitrogens with zero attached hydrogens (tertiary/aromatic N) is 5. The Balaban J connectivity index is 1.55. The quantitative estimate of drug-likeness (QED) is 0.410. The lowest BCUT2D eigenvalue weighted by molar-refractivity contribution is -0.124. The second-order valence-corrected chi connectivity index (χ2v) is 7.47. The van der Waals surface area contributed by atoms with E-state index in [0.717, 1.165) is 18.4 Å². The maximum absolute atomic E-state index is 12.0. The number of fused-ring (bicyclic) bond motifs is 1. The fourth-order valence-electron chi connectivity index (χ4n) is 3.34. The number of rotatable bonds is 6. The third-order valence-corrected chi connectivity index (χ3v) is 5.07. The number of aromatic nitrogens is 4. The molecule has 3 aromatic rings. The third kappa shape index (κ3) is 3.81. The first-order valence-corrected chi connectivity index (χ1v) is 9.89. The number of nitrogens with one attached hydrogen (secondary N) is 3. The van der Waals surface area contributed by atoms with Crippen molar-refractivity contribution in [3.8, 4) is 6.07 Å². The number of amides is 2. The van der Waals surface area contributed by atoms with Gasteiger partial charge in [-0.3, -0.25) is 14.9 Å². The molecule has 3 N–H and O–H groups in total. The summed E-state index contributed by atoms with van der Waals surface area (Å²) >= 11 is 0. The lowest BCUT2D eigenvalue weighted by Gasteiger charge is -2.14. The summed E-state index contributed by atoms with van der Waals surface area (Å²) < 4.78 is 1.56. The molecule has 0 spiro atoms. The monoisotopic (exact) mass is 414 g/mol. The molecular weight excluding hydrogens is 396 g/mol. The van der Waals surface area contributed by atoms with Crippen molar-refractivity contribution in [2.45, 2.75) is 31.3 Å². The molecule has 2 aromatic heterocycles. The number of carbonyl (C=O) groups is 2. The summed E-state index contributed by atoms with van der Waals surface area (Å²) in [4.78, 5) is 32.5. The van der Waals surface area contributed by atoms with E-state index >= 15 is 0 Å². The van der Waals surface area contributed by atoms with Crippen LogP contribution in [0.1, 0.15) is 36.4 Å². The van der Waals surface area contributed by atoms with Gasteiger partial charge in [0.25, 0.3) is 5.91 Å². The van der Waals surface area contributed by atoms with Gasteiger partial charge >= 0.3 is 0 Å². The lowest BCUT2D eigenvalue weighted by Crippen LogP contribution is -2.19. The fraction of sp³-hybridized carbons (Fsp3) is 0.238. The standard InChI is InChI=1S/C21H18N8O2/c22-10-16(12-4-2-1-3-5-12)25-20-27-18-14(8-13-9-17(30)26-19(13)31)11-23-29(18)21(28-20)24-15-6-7-15/h1-5,8,11,15-16H,6-7,9H2,(H,26,30,31)(H2,24,25,27,28). The van der Waals surface area contributed by atoms with Crippen LogP contribution in [0.2, 0.25) is 0 Å². The smallest absolute Gasteiger partial charge is 0.254 e.